The van der Waals surface area contributed by atoms with E-state index < -0.39 is 11.7 Å². The van der Waals surface area contributed by atoms with E-state index >= 15 is 0 Å². The predicted octanol–water partition coefficient (Wildman–Crippen LogP) is 4.08. The standard InChI is InChI=1S/C27H31F3N4O3/c28-27(29,30)20-9-4-10-21-26(20)33-24(31-21)14-25(35)32-22-15-34(19-8-5-12-36-13-11-19)16-23(22)37-17-18-6-2-1-3-7-18/h1-4,6-7,9-10,19,22-23H,5,8,11-17H2,(H,31,33)(H,32,35)/t19?,22?,23-/m0/s1. The highest BCUT2D eigenvalue weighted by molar-refractivity contribution is 5.82. The van der Waals surface area contributed by atoms with Crippen molar-refractivity contribution in [3.05, 3.63) is 65.5 Å². The first-order valence-electron chi connectivity index (χ1n) is 12.7. The van der Waals surface area contributed by atoms with E-state index in [1.165, 1.54) is 12.1 Å². The summed E-state index contributed by atoms with van der Waals surface area (Å²) in [5, 5.41) is 3.07. The molecule has 2 aliphatic heterocycles. The van der Waals surface area contributed by atoms with Crippen LogP contribution < -0.4 is 5.32 Å². The molecule has 0 bridgehead atoms. The number of nitrogens with zero attached hydrogens (tertiary/aromatic N) is 2. The second-order valence-corrected chi connectivity index (χ2v) is 9.72. The van der Waals surface area contributed by atoms with Gasteiger partial charge in [-0.05, 0) is 37.0 Å². The maximum atomic E-state index is 13.4. The second-order valence-electron chi connectivity index (χ2n) is 9.72. The van der Waals surface area contributed by atoms with Gasteiger partial charge in [-0.2, -0.15) is 13.2 Å². The number of nitrogens with one attached hydrogen (secondary N) is 2. The summed E-state index contributed by atoms with van der Waals surface area (Å²) in [6.07, 6.45) is -1.90. The molecule has 2 N–H and O–H groups in total. The lowest BCUT2D eigenvalue weighted by Gasteiger charge is -2.26. The van der Waals surface area contributed by atoms with Crippen LogP contribution in [0.5, 0.6) is 0 Å². The number of imidazole rings is 1. The van der Waals surface area contributed by atoms with Crippen molar-refractivity contribution in [2.24, 2.45) is 0 Å². The van der Waals surface area contributed by atoms with Crippen molar-refractivity contribution in [1.82, 2.24) is 20.2 Å². The molecule has 5 rings (SSSR count). The number of H-pyrrole nitrogens is 1. The van der Waals surface area contributed by atoms with Gasteiger partial charge in [0.15, 0.2) is 0 Å². The summed E-state index contributed by atoms with van der Waals surface area (Å²) >= 11 is 0. The number of fused-ring (bicyclic) bond motifs is 1. The number of ether oxygens (including phenoxy) is 2. The molecule has 0 aliphatic carbocycles. The highest BCUT2D eigenvalue weighted by Gasteiger charge is 2.38. The number of amides is 1. The van der Waals surface area contributed by atoms with Crippen molar-refractivity contribution in [3.8, 4) is 0 Å². The van der Waals surface area contributed by atoms with Crippen LogP contribution in [0.15, 0.2) is 48.5 Å². The van der Waals surface area contributed by atoms with E-state index in [2.05, 4.69) is 20.2 Å². The van der Waals surface area contributed by atoms with Crippen LogP contribution in [0.1, 0.15) is 36.2 Å². The van der Waals surface area contributed by atoms with Gasteiger partial charge in [-0.25, -0.2) is 4.98 Å². The maximum Gasteiger partial charge on any atom is 0.418 e. The number of alkyl halides is 3. The number of aromatic amines is 1. The third-order valence-corrected chi connectivity index (χ3v) is 7.08. The maximum absolute atomic E-state index is 13.4. The van der Waals surface area contributed by atoms with E-state index in [-0.39, 0.29) is 41.3 Å². The van der Waals surface area contributed by atoms with Gasteiger partial charge in [0.1, 0.15) is 11.3 Å². The number of rotatable bonds is 7. The Bertz CT molecular complexity index is 1190. The van der Waals surface area contributed by atoms with Gasteiger partial charge in [0.25, 0.3) is 0 Å². The molecule has 1 aromatic heterocycles. The molecule has 2 saturated heterocycles. The summed E-state index contributed by atoms with van der Waals surface area (Å²) in [5.74, 6) is -0.112. The Labute approximate surface area is 213 Å². The van der Waals surface area contributed by atoms with Crippen molar-refractivity contribution in [2.75, 3.05) is 26.3 Å². The van der Waals surface area contributed by atoms with E-state index in [0.717, 1.165) is 44.1 Å². The third kappa shape index (κ3) is 6.31. The highest BCUT2D eigenvalue weighted by atomic mass is 19.4. The smallest absolute Gasteiger partial charge is 0.381 e. The molecule has 7 nitrogen and oxygen atoms in total. The van der Waals surface area contributed by atoms with E-state index in [4.69, 9.17) is 9.47 Å². The van der Waals surface area contributed by atoms with Gasteiger partial charge in [0.05, 0.1) is 36.3 Å². The van der Waals surface area contributed by atoms with E-state index in [9.17, 15) is 18.0 Å². The van der Waals surface area contributed by atoms with Gasteiger partial charge < -0.3 is 19.8 Å². The topological polar surface area (TPSA) is 79.5 Å². The lowest BCUT2D eigenvalue weighted by Crippen LogP contribution is -2.45. The Morgan fingerprint density at radius 2 is 1.95 bits per heavy atom. The van der Waals surface area contributed by atoms with Crippen LogP contribution in [0, 0.1) is 0 Å². The lowest BCUT2D eigenvalue weighted by atomic mass is 10.1. The van der Waals surface area contributed by atoms with Crippen molar-refractivity contribution in [3.63, 3.8) is 0 Å². The van der Waals surface area contributed by atoms with Gasteiger partial charge in [0, 0.05) is 32.3 Å². The number of para-hydroxylation sites is 1. The summed E-state index contributed by atoms with van der Waals surface area (Å²) in [6, 6.07) is 13.8. The minimum atomic E-state index is -4.52. The zero-order chi connectivity index (χ0) is 25.8. The van der Waals surface area contributed by atoms with Gasteiger partial charge in [-0.15, -0.1) is 0 Å². The molecule has 3 aromatic rings. The number of benzene rings is 2. The van der Waals surface area contributed by atoms with E-state index in [0.29, 0.717) is 25.7 Å². The second kappa shape index (κ2) is 11.2. The summed E-state index contributed by atoms with van der Waals surface area (Å²) in [7, 11) is 0. The van der Waals surface area contributed by atoms with Gasteiger partial charge in [0.2, 0.25) is 5.91 Å². The zero-order valence-electron chi connectivity index (χ0n) is 20.5. The van der Waals surface area contributed by atoms with Crippen molar-refractivity contribution < 1.29 is 27.4 Å². The summed E-state index contributed by atoms with van der Waals surface area (Å²) < 4.78 is 52.0. The number of carbonyl (C=O) groups is 1. The first-order valence-corrected chi connectivity index (χ1v) is 12.7. The Morgan fingerprint density at radius 3 is 2.76 bits per heavy atom. The molecular formula is C27H31F3N4O3. The van der Waals surface area contributed by atoms with Crippen LogP contribution in [0.2, 0.25) is 0 Å². The molecule has 2 aromatic carbocycles. The van der Waals surface area contributed by atoms with Crippen LogP contribution in [0.3, 0.4) is 0 Å². The molecule has 10 heteroatoms. The van der Waals surface area contributed by atoms with Crippen LogP contribution in [0.4, 0.5) is 13.2 Å². The van der Waals surface area contributed by atoms with Gasteiger partial charge in [-0.3, -0.25) is 9.69 Å². The SMILES string of the molecule is O=C(Cc1nc2c(C(F)(F)F)cccc2[nH]1)NC1CN(C2CCCOCC2)C[C@@H]1OCc1ccccc1. The van der Waals surface area contributed by atoms with E-state index in [1.54, 1.807) is 0 Å². The summed E-state index contributed by atoms with van der Waals surface area (Å²) in [5.41, 5.74) is 0.312. The molecular weight excluding hydrogens is 485 g/mol. The van der Waals surface area contributed by atoms with E-state index in [1.807, 2.05) is 30.3 Å². The fraction of sp³-hybridized carbons (Fsp3) is 0.481. The highest BCUT2D eigenvalue weighted by Crippen LogP contribution is 2.33. The normalized spacial score (nSPS) is 23.3. The van der Waals surface area contributed by atoms with Crippen LogP contribution in [0.25, 0.3) is 11.0 Å². The lowest BCUT2D eigenvalue weighted by molar-refractivity contribution is -0.136. The van der Waals surface area contributed by atoms with Crippen molar-refractivity contribution in [1.29, 1.82) is 0 Å². The molecule has 0 saturated carbocycles. The third-order valence-electron chi connectivity index (χ3n) is 7.08. The molecule has 3 atom stereocenters. The van der Waals surface area contributed by atoms with Crippen molar-refractivity contribution >= 4 is 16.9 Å². The fourth-order valence-corrected chi connectivity index (χ4v) is 5.24. The summed E-state index contributed by atoms with van der Waals surface area (Å²) in [6.45, 7) is 3.27. The summed E-state index contributed by atoms with van der Waals surface area (Å²) in [4.78, 5) is 22.3. The molecule has 2 aliphatic rings. The largest absolute Gasteiger partial charge is 0.418 e. The van der Waals surface area contributed by atoms with Crippen LogP contribution >= 0.6 is 0 Å². The Balaban J connectivity index is 1.27. The fourth-order valence-electron chi connectivity index (χ4n) is 5.24. The predicted molar refractivity (Wildman–Crippen MR) is 132 cm³/mol. The first kappa shape index (κ1) is 25.7. The molecule has 0 spiro atoms. The van der Waals surface area contributed by atoms with Crippen LogP contribution in [-0.4, -0.2) is 65.3 Å². The molecule has 37 heavy (non-hydrogen) atoms. The Morgan fingerprint density at radius 1 is 1.11 bits per heavy atom. The number of carbonyl (C=O) groups excluding carboxylic acids is 1. The Kier molecular flexibility index (Phi) is 7.78. The minimum Gasteiger partial charge on any atom is -0.381 e. The molecule has 0 radical (unpaired) electrons. The first-order chi connectivity index (χ1) is 17.9. The van der Waals surface area contributed by atoms with Gasteiger partial charge >= 0.3 is 6.18 Å². The van der Waals surface area contributed by atoms with Crippen LogP contribution in [-0.2, 0) is 33.5 Å². The Hall–Kier alpha value is -2.95. The van der Waals surface area contributed by atoms with Gasteiger partial charge in [-0.1, -0.05) is 36.4 Å². The number of hydrogen-bond acceptors (Lipinski definition) is 5. The number of aromatic nitrogens is 2. The zero-order valence-corrected chi connectivity index (χ0v) is 20.5. The molecule has 2 unspecified atom stereocenters. The number of halogens is 3. The molecule has 3 heterocycles. The molecule has 198 valence electrons. The monoisotopic (exact) mass is 516 g/mol. The average molecular weight is 517 g/mol. The molecule has 2 fully saturated rings. The molecule has 1 amide bonds. The van der Waals surface area contributed by atoms with Crippen molar-refractivity contribution in [2.45, 2.75) is 56.7 Å². The number of hydrogen-bond donors (Lipinski definition) is 2. The average Bonchev–Trinajstić information content (AvgIpc) is 3.35. The number of likely N-dealkylation sites (tertiary alicyclic amines) is 1. The minimum absolute atomic E-state index is 0.148. The quantitative estimate of drug-likeness (QED) is 0.495.